The number of rotatable bonds is 7. The summed E-state index contributed by atoms with van der Waals surface area (Å²) in [6.07, 6.45) is 3.69. The number of allylic oxidation sites excluding steroid dienone is 1. The number of ketones is 1. The van der Waals surface area contributed by atoms with Crippen LogP contribution in [-0.2, 0) is 9.59 Å². The summed E-state index contributed by atoms with van der Waals surface area (Å²) < 4.78 is 0. The van der Waals surface area contributed by atoms with Crippen LogP contribution < -0.4 is 5.32 Å². The second-order valence-corrected chi connectivity index (χ2v) is 6.11. The van der Waals surface area contributed by atoms with Crippen molar-refractivity contribution in [2.45, 2.75) is 87.6 Å². The molecule has 0 aromatic rings. The van der Waals surface area contributed by atoms with Gasteiger partial charge in [-0.2, -0.15) is 0 Å². The normalized spacial score (nSPS) is 11.4. The Balaban J connectivity index is -0.000000637. The van der Waals surface area contributed by atoms with Gasteiger partial charge in [0.05, 0.1) is 6.04 Å². The van der Waals surface area contributed by atoms with Crippen molar-refractivity contribution in [2.24, 2.45) is 11.3 Å². The zero-order valence-electron chi connectivity index (χ0n) is 16.4. The number of hydrogen-bond donors (Lipinski definition) is 1. The summed E-state index contributed by atoms with van der Waals surface area (Å²) in [4.78, 5) is 23.8. The highest BCUT2D eigenvalue weighted by atomic mass is 16.2. The van der Waals surface area contributed by atoms with E-state index in [1.54, 1.807) is 13.0 Å². The van der Waals surface area contributed by atoms with E-state index in [9.17, 15) is 9.59 Å². The van der Waals surface area contributed by atoms with Gasteiger partial charge < -0.3 is 5.32 Å². The monoisotopic (exact) mass is 313 g/mol. The molecule has 3 heteroatoms. The molecule has 22 heavy (non-hydrogen) atoms. The second kappa shape index (κ2) is 14.8. The SMILES string of the molecule is C=CC.CC.CCC(=O)N[C@@H](CC(C)C)C(=O)C(C)(C)CC. The number of hydrogen-bond acceptors (Lipinski definition) is 2. The molecular formula is C19H39NO2. The summed E-state index contributed by atoms with van der Waals surface area (Å²) in [5.41, 5.74) is -0.361. The van der Waals surface area contributed by atoms with E-state index in [1.165, 1.54) is 0 Å². The Morgan fingerprint density at radius 1 is 1.18 bits per heavy atom. The van der Waals surface area contributed by atoms with Crippen molar-refractivity contribution in [2.75, 3.05) is 0 Å². The molecule has 0 heterocycles. The van der Waals surface area contributed by atoms with E-state index >= 15 is 0 Å². The van der Waals surface area contributed by atoms with Gasteiger partial charge in [0.15, 0.2) is 5.78 Å². The maximum absolute atomic E-state index is 12.4. The highest BCUT2D eigenvalue weighted by molar-refractivity contribution is 5.92. The first-order valence-electron chi connectivity index (χ1n) is 8.56. The molecule has 0 spiro atoms. The average Bonchev–Trinajstić information content (AvgIpc) is 2.48. The molecular weight excluding hydrogens is 274 g/mol. The van der Waals surface area contributed by atoms with E-state index in [2.05, 4.69) is 25.7 Å². The van der Waals surface area contributed by atoms with Crippen molar-refractivity contribution < 1.29 is 9.59 Å². The average molecular weight is 314 g/mol. The Bertz CT molecular complexity index is 307. The van der Waals surface area contributed by atoms with E-state index in [1.807, 2.05) is 41.5 Å². The Hall–Kier alpha value is -1.12. The second-order valence-electron chi connectivity index (χ2n) is 6.11. The third-order valence-electron chi connectivity index (χ3n) is 3.23. The van der Waals surface area contributed by atoms with Crippen molar-refractivity contribution in [3.8, 4) is 0 Å². The number of carbonyl (C=O) groups excluding carboxylic acids is 2. The van der Waals surface area contributed by atoms with E-state index < -0.39 is 0 Å². The molecule has 0 aromatic carbocycles. The Labute approximate surface area is 139 Å². The number of Topliss-reactive ketones (excluding diaryl/α,β-unsaturated/α-hetero) is 1. The van der Waals surface area contributed by atoms with E-state index in [0.717, 1.165) is 6.42 Å². The lowest BCUT2D eigenvalue weighted by Gasteiger charge is -2.28. The molecule has 0 saturated heterocycles. The first-order chi connectivity index (χ1) is 10.2. The molecule has 1 atom stereocenters. The van der Waals surface area contributed by atoms with Gasteiger partial charge in [0, 0.05) is 11.8 Å². The Kier molecular flexibility index (Phi) is 17.4. The first kappa shape index (κ1) is 25.8. The highest BCUT2D eigenvalue weighted by Gasteiger charge is 2.33. The summed E-state index contributed by atoms with van der Waals surface area (Å²) in [6.45, 7) is 21.1. The predicted octanol–water partition coefficient (Wildman–Crippen LogP) is 5.15. The number of amides is 1. The summed E-state index contributed by atoms with van der Waals surface area (Å²) in [6, 6.07) is -0.336. The first-order valence-corrected chi connectivity index (χ1v) is 8.56. The van der Waals surface area contributed by atoms with Crippen LogP contribution in [0.25, 0.3) is 0 Å². The Morgan fingerprint density at radius 3 is 1.86 bits per heavy atom. The molecule has 1 N–H and O–H groups in total. The van der Waals surface area contributed by atoms with Crippen molar-refractivity contribution >= 4 is 11.7 Å². The molecule has 0 bridgehead atoms. The molecule has 0 aliphatic heterocycles. The molecule has 132 valence electrons. The highest BCUT2D eigenvalue weighted by Crippen LogP contribution is 2.24. The standard InChI is InChI=1S/C14H27NO2.C3H6.C2H6/c1-7-12(16)15-11(9-10(3)4)13(17)14(5,6)8-2;1-3-2;1-2/h10-11H,7-9H2,1-6H3,(H,15,16);3H,1H2,2H3;1-2H3/t11-;;/m0../s1. The van der Waals surface area contributed by atoms with Gasteiger partial charge in [-0.25, -0.2) is 0 Å². The largest absolute Gasteiger partial charge is 0.346 e. The number of carbonyl (C=O) groups is 2. The Morgan fingerprint density at radius 2 is 1.59 bits per heavy atom. The van der Waals surface area contributed by atoms with Gasteiger partial charge in [-0.3, -0.25) is 9.59 Å². The van der Waals surface area contributed by atoms with Crippen LogP contribution in [-0.4, -0.2) is 17.7 Å². The smallest absolute Gasteiger partial charge is 0.220 e. The minimum atomic E-state index is -0.361. The topological polar surface area (TPSA) is 46.2 Å². The third-order valence-corrected chi connectivity index (χ3v) is 3.23. The fraction of sp³-hybridized carbons (Fsp3) is 0.789. The summed E-state index contributed by atoms with van der Waals surface area (Å²) >= 11 is 0. The molecule has 0 fully saturated rings. The van der Waals surface area contributed by atoms with Crippen molar-refractivity contribution in [3.63, 3.8) is 0 Å². The zero-order valence-corrected chi connectivity index (χ0v) is 16.4. The summed E-state index contributed by atoms with van der Waals surface area (Å²) in [5, 5.41) is 2.85. The van der Waals surface area contributed by atoms with Crippen LogP contribution >= 0.6 is 0 Å². The van der Waals surface area contributed by atoms with Gasteiger partial charge in [-0.15, -0.1) is 6.58 Å². The van der Waals surface area contributed by atoms with Crippen LogP contribution in [0.1, 0.15) is 81.6 Å². The van der Waals surface area contributed by atoms with Crippen LogP contribution in [0.3, 0.4) is 0 Å². The van der Waals surface area contributed by atoms with Crippen molar-refractivity contribution in [1.29, 1.82) is 0 Å². The maximum atomic E-state index is 12.4. The lowest BCUT2D eigenvalue weighted by Crippen LogP contribution is -2.46. The third kappa shape index (κ3) is 12.6. The van der Waals surface area contributed by atoms with Crippen LogP contribution in [0.2, 0.25) is 0 Å². The van der Waals surface area contributed by atoms with Crippen LogP contribution in [0, 0.1) is 11.3 Å². The van der Waals surface area contributed by atoms with Gasteiger partial charge in [-0.1, -0.05) is 61.5 Å². The lowest BCUT2D eigenvalue weighted by molar-refractivity contribution is -0.133. The fourth-order valence-electron chi connectivity index (χ4n) is 1.65. The lowest BCUT2D eigenvalue weighted by atomic mass is 9.80. The fourth-order valence-corrected chi connectivity index (χ4v) is 1.65. The molecule has 0 saturated carbocycles. The minimum Gasteiger partial charge on any atom is -0.346 e. The van der Waals surface area contributed by atoms with Crippen LogP contribution in [0.5, 0.6) is 0 Å². The molecule has 0 radical (unpaired) electrons. The van der Waals surface area contributed by atoms with Crippen LogP contribution in [0.15, 0.2) is 12.7 Å². The molecule has 0 rings (SSSR count). The van der Waals surface area contributed by atoms with E-state index in [0.29, 0.717) is 18.8 Å². The van der Waals surface area contributed by atoms with E-state index in [-0.39, 0.29) is 23.1 Å². The quantitative estimate of drug-likeness (QED) is 0.661. The minimum absolute atomic E-state index is 0.0455. The van der Waals surface area contributed by atoms with Gasteiger partial charge in [0.2, 0.25) is 5.91 Å². The molecule has 0 aliphatic rings. The van der Waals surface area contributed by atoms with E-state index in [4.69, 9.17) is 0 Å². The predicted molar refractivity (Wildman–Crippen MR) is 98.0 cm³/mol. The van der Waals surface area contributed by atoms with Gasteiger partial charge >= 0.3 is 0 Å². The molecule has 0 unspecified atom stereocenters. The molecule has 0 aliphatic carbocycles. The maximum Gasteiger partial charge on any atom is 0.220 e. The zero-order chi connectivity index (χ0) is 18.3. The van der Waals surface area contributed by atoms with Gasteiger partial charge in [-0.05, 0) is 25.7 Å². The summed E-state index contributed by atoms with van der Waals surface area (Å²) in [5.74, 6) is 0.500. The van der Waals surface area contributed by atoms with Crippen molar-refractivity contribution in [1.82, 2.24) is 5.32 Å². The molecule has 0 aromatic heterocycles. The van der Waals surface area contributed by atoms with Gasteiger partial charge in [0.25, 0.3) is 0 Å². The van der Waals surface area contributed by atoms with Crippen LogP contribution in [0.4, 0.5) is 0 Å². The molecule has 3 nitrogen and oxygen atoms in total. The van der Waals surface area contributed by atoms with Gasteiger partial charge in [0.1, 0.15) is 0 Å². The number of nitrogens with one attached hydrogen (secondary N) is 1. The molecule has 1 amide bonds. The van der Waals surface area contributed by atoms with Crippen molar-refractivity contribution in [3.05, 3.63) is 12.7 Å². The summed E-state index contributed by atoms with van der Waals surface area (Å²) in [7, 11) is 0.